The van der Waals surface area contributed by atoms with Gasteiger partial charge in [0.25, 0.3) is 10.0 Å². The molecule has 5 nitrogen and oxygen atoms in total. The molecule has 8 heteroatoms. The molecule has 0 aliphatic rings. The Morgan fingerprint density at radius 1 is 1.29 bits per heavy atom. The highest BCUT2D eigenvalue weighted by molar-refractivity contribution is 7.94. The van der Waals surface area contributed by atoms with Crippen LogP contribution in [0.1, 0.15) is 12.5 Å². The van der Waals surface area contributed by atoms with Crippen LogP contribution in [0.15, 0.2) is 46.1 Å². The van der Waals surface area contributed by atoms with Gasteiger partial charge in [-0.15, -0.1) is 11.3 Å². The molecule has 0 aliphatic heterocycles. The second kappa shape index (κ2) is 6.37. The van der Waals surface area contributed by atoms with Gasteiger partial charge in [0.15, 0.2) is 0 Å². The molecule has 3 aromatic rings. The van der Waals surface area contributed by atoms with E-state index in [2.05, 4.69) is 9.82 Å². The average Bonchev–Trinajstić information content (AvgIpc) is 3.18. The standard InChI is InChI=1S/C16H16FN3O2S2/c1-3-20-15(6-7-18-20)12-9-16(23-10-12)24(21,22)19-14-8-11(2)4-5-13(14)17/h4-10,19H,3H2,1-2H3. The minimum Gasteiger partial charge on any atom is -0.276 e. The highest BCUT2D eigenvalue weighted by Gasteiger charge is 2.20. The smallest absolute Gasteiger partial charge is 0.271 e. The molecule has 2 heterocycles. The maximum atomic E-state index is 13.8. The number of aryl methyl sites for hydroxylation is 2. The molecule has 0 atom stereocenters. The molecule has 0 spiro atoms. The van der Waals surface area contributed by atoms with E-state index in [4.69, 9.17) is 0 Å². The lowest BCUT2D eigenvalue weighted by Crippen LogP contribution is -2.12. The molecule has 1 N–H and O–H groups in total. The molecule has 1 aromatic carbocycles. The van der Waals surface area contributed by atoms with Gasteiger partial charge in [-0.25, -0.2) is 12.8 Å². The molecule has 24 heavy (non-hydrogen) atoms. The van der Waals surface area contributed by atoms with Gasteiger partial charge < -0.3 is 0 Å². The van der Waals surface area contributed by atoms with Gasteiger partial charge in [0.05, 0.1) is 11.4 Å². The second-order valence-corrected chi connectivity index (χ2v) is 8.10. The first-order chi connectivity index (χ1) is 11.4. The van der Waals surface area contributed by atoms with Crippen molar-refractivity contribution in [1.82, 2.24) is 9.78 Å². The summed E-state index contributed by atoms with van der Waals surface area (Å²) < 4.78 is 43.1. The van der Waals surface area contributed by atoms with E-state index in [1.807, 2.05) is 13.0 Å². The van der Waals surface area contributed by atoms with E-state index in [0.29, 0.717) is 6.54 Å². The number of hydrogen-bond donors (Lipinski definition) is 1. The molecule has 126 valence electrons. The minimum absolute atomic E-state index is 0.0523. The third kappa shape index (κ3) is 3.20. The lowest BCUT2D eigenvalue weighted by molar-refractivity contribution is 0.600. The number of hydrogen-bond acceptors (Lipinski definition) is 4. The molecule has 0 fully saturated rings. The van der Waals surface area contributed by atoms with Crippen LogP contribution in [0.5, 0.6) is 0 Å². The van der Waals surface area contributed by atoms with Crippen LogP contribution in [-0.4, -0.2) is 18.2 Å². The van der Waals surface area contributed by atoms with Crippen molar-refractivity contribution in [2.45, 2.75) is 24.6 Å². The molecule has 3 rings (SSSR count). The summed E-state index contributed by atoms with van der Waals surface area (Å²) in [7, 11) is -3.84. The summed E-state index contributed by atoms with van der Waals surface area (Å²) in [5, 5.41) is 5.93. The number of benzene rings is 1. The third-order valence-corrected chi connectivity index (χ3v) is 6.32. The van der Waals surface area contributed by atoms with E-state index in [1.165, 1.54) is 12.1 Å². The molecule has 0 aliphatic carbocycles. The lowest BCUT2D eigenvalue weighted by Gasteiger charge is -2.08. The highest BCUT2D eigenvalue weighted by Crippen LogP contribution is 2.30. The van der Waals surface area contributed by atoms with E-state index in [0.717, 1.165) is 28.2 Å². The fourth-order valence-electron chi connectivity index (χ4n) is 2.33. The van der Waals surface area contributed by atoms with Crippen LogP contribution in [0, 0.1) is 12.7 Å². The van der Waals surface area contributed by atoms with Crippen molar-refractivity contribution in [2.75, 3.05) is 4.72 Å². The third-order valence-electron chi connectivity index (χ3n) is 3.52. The molecular formula is C16H16FN3O2S2. The van der Waals surface area contributed by atoms with Gasteiger partial charge in [-0.1, -0.05) is 6.07 Å². The number of halogens is 1. The number of sulfonamides is 1. The van der Waals surface area contributed by atoms with E-state index in [9.17, 15) is 12.8 Å². The maximum Gasteiger partial charge on any atom is 0.271 e. The van der Waals surface area contributed by atoms with Crippen LogP contribution in [0.25, 0.3) is 11.3 Å². The Balaban J connectivity index is 1.92. The summed E-state index contributed by atoms with van der Waals surface area (Å²) >= 11 is 1.09. The molecule has 0 bridgehead atoms. The maximum absolute atomic E-state index is 13.8. The Morgan fingerprint density at radius 3 is 2.83 bits per heavy atom. The van der Waals surface area contributed by atoms with Crippen molar-refractivity contribution in [3.8, 4) is 11.3 Å². The minimum atomic E-state index is -3.84. The van der Waals surface area contributed by atoms with Crippen LogP contribution in [0.4, 0.5) is 10.1 Å². The van der Waals surface area contributed by atoms with E-state index in [1.54, 1.807) is 35.3 Å². The highest BCUT2D eigenvalue weighted by atomic mass is 32.2. The van der Waals surface area contributed by atoms with E-state index < -0.39 is 15.8 Å². The van der Waals surface area contributed by atoms with Gasteiger partial charge >= 0.3 is 0 Å². The summed E-state index contributed by atoms with van der Waals surface area (Å²) in [5.74, 6) is -0.606. The van der Waals surface area contributed by atoms with Gasteiger partial charge in [0.2, 0.25) is 0 Å². The number of rotatable bonds is 5. The largest absolute Gasteiger partial charge is 0.276 e. The molecule has 0 amide bonds. The van der Waals surface area contributed by atoms with Gasteiger partial charge in [-0.3, -0.25) is 9.40 Å². The number of nitrogens with zero attached hydrogens (tertiary/aromatic N) is 2. The number of nitrogens with one attached hydrogen (secondary N) is 1. The molecule has 2 aromatic heterocycles. The first-order valence-electron chi connectivity index (χ1n) is 7.30. The molecular weight excluding hydrogens is 349 g/mol. The van der Waals surface area contributed by atoms with E-state index >= 15 is 0 Å². The number of thiophene rings is 1. The van der Waals surface area contributed by atoms with Crippen LogP contribution in [0.3, 0.4) is 0 Å². The average molecular weight is 365 g/mol. The summed E-state index contributed by atoms with van der Waals surface area (Å²) in [5.41, 5.74) is 2.33. The van der Waals surface area contributed by atoms with Crippen LogP contribution in [0.2, 0.25) is 0 Å². The van der Waals surface area contributed by atoms with Crippen molar-refractivity contribution >= 4 is 27.0 Å². The fourth-order valence-corrected chi connectivity index (χ4v) is 4.57. The quantitative estimate of drug-likeness (QED) is 0.746. The summed E-state index contributed by atoms with van der Waals surface area (Å²) in [6.07, 6.45) is 1.67. The molecule has 0 saturated carbocycles. The van der Waals surface area contributed by atoms with Gasteiger partial charge in [-0.2, -0.15) is 5.10 Å². The predicted octanol–water partition coefficient (Wildman–Crippen LogP) is 3.88. The Hall–Kier alpha value is -2.19. The van der Waals surface area contributed by atoms with Crippen molar-refractivity contribution in [3.63, 3.8) is 0 Å². The Kier molecular flexibility index (Phi) is 4.42. The SMILES string of the molecule is CCn1nccc1-c1csc(S(=O)(=O)Nc2cc(C)ccc2F)c1. The Labute approximate surface area is 143 Å². The van der Waals surface area contributed by atoms with Crippen molar-refractivity contribution in [2.24, 2.45) is 0 Å². The Bertz CT molecular complexity index is 977. The first-order valence-corrected chi connectivity index (χ1v) is 9.66. The van der Waals surface area contributed by atoms with Crippen molar-refractivity contribution < 1.29 is 12.8 Å². The second-order valence-electron chi connectivity index (χ2n) is 5.28. The van der Waals surface area contributed by atoms with E-state index in [-0.39, 0.29) is 9.90 Å². The predicted molar refractivity (Wildman–Crippen MR) is 93.2 cm³/mol. The first kappa shape index (κ1) is 16.7. The molecule has 0 saturated heterocycles. The summed E-state index contributed by atoms with van der Waals surface area (Å²) in [6, 6.07) is 7.70. The number of aromatic nitrogens is 2. The van der Waals surface area contributed by atoms with Crippen molar-refractivity contribution in [3.05, 3.63) is 53.3 Å². The topological polar surface area (TPSA) is 64.0 Å². The lowest BCUT2D eigenvalue weighted by atomic mass is 10.2. The monoisotopic (exact) mass is 365 g/mol. The van der Waals surface area contributed by atoms with Crippen LogP contribution < -0.4 is 4.72 Å². The van der Waals surface area contributed by atoms with Gasteiger partial charge in [-0.05, 0) is 43.7 Å². The summed E-state index contributed by atoms with van der Waals surface area (Å²) in [6.45, 7) is 4.42. The number of anilines is 1. The molecule has 0 radical (unpaired) electrons. The van der Waals surface area contributed by atoms with Crippen LogP contribution >= 0.6 is 11.3 Å². The van der Waals surface area contributed by atoms with Gasteiger partial charge in [0.1, 0.15) is 10.0 Å². The zero-order valence-corrected chi connectivity index (χ0v) is 14.8. The van der Waals surface area contributed by atoms with Crippen LogP contribution in [-0.2, 0) is 16.6 Å². The normalized spacial score (nSPS) is 11.6. The Morgan fingerprint density at radius 2 is 2.08 bits per heavy atom. The zero-order chi connectivity index (χ0) is 17.3. The van der Waals surface area contributed by atoms with Gasteiger partial charge in [0, 0.05) is 23.7 Å². The van der Waals surface area contributed by atoms with Crippen molar-refractivity contribution in [1.29, 1.82) is 0 Å². The fraction of sp³-hybridized carbons (Fsp3) is 0.188. The zero-order valence-electron chi connectivity index (χ0n) is 13.2. The summed E-state index contributed by atoms with van der Waals surface area (Å²) in [4.78, 5) is 0. The molecule has 0 unspecified atom stereocenters.